The maximum absolute atomic E-state index is 13.1. The molecule has 0 fully saturated rings. The summed E-state index contributed by atoms with van der Waals surface area (Å²) in [5.41, 5.74) is 0.748. The Hall–Kier alpha value is -0.0800. The first-order chi connectivity index (χ1) is 6.83. The maximum Gasteiger partial charge on any atom is 0.123 e. The molecule has 0 N–H and O–H groups in total. The Labute approximate surface area is 104 Å². The Morgan fingerprint density at radius 1 is 1.47 bits per heavy atom. The summed E-state index contributed by atoms with van der Waals surface area (Å²) in [4.78, 5) is 0.381. The van der Waals surface area contributed by atoms with Crippen LogP contribution < -0.4 is 0 Å². The summed E-state index contributed by atoms with van der Waals surface area (Å²) >= 11 is 9.60. The summed E-state index contributed by atoms with van der Waals surface area (Å²) < 4.78 is 13.1. The Bertz CT molecular complexity index is 347. The molecule has 0 aliphatic rings. The molecule has 0 nitrogen and oxygen atoms in total. The topological polar surface area (TPSA) is 0 Å². The van der Waals surface area contributed by atoms with Gasteiger partial charge in [0.15, 0.2) is 0 Å². The van der Waals surface area contributed by atoms with E-state index in [2.05, 4.69) is 36.7 Å². The molecule has 0 amide bonds. The third-order valence-electron chi connectivity index (χ3n) is 2.45. The highest BCUT2D eigenvalue weighted by Gasteiger charge is 2.25. The highest BCUT2D eigenvalue weighted by Crippen LogP contribution is 2.35. The fraction of sp³-hybridized carbons (Fsp3) is 0.500. The maximum atomic E-state index is 13.1. The minimum absolute atomic E-state index is 0.123. The van der Waals surface area contributed by atoms with Gasteiger partial charge in [-0.2, -0.15) is 0 Å². The van der Waals surface area contributed by atoms with Crippen LogP contribution in [0.25, 0.3) is 0 Å². The normalized spacial score (nSPS) is 14.0. The molecule has 0 bridgehead atoms. The summed E-state index contributed by atoms with van der Waals surface area (Å²) in [6.45, 7) is 6.23. The van der Waals surface area contributed by atoms with E-state index in [1.54, 1.807) is 6.07 Å². The van der Waals surface area contributed by atoms with Gasteiger partial charge in [-0.05, 0) is 35.6 Å². The highest BCUT2D eigenvalue weighted by molar-refractivity contribution is 9.09. The lowest BCUT2D eigenvalue weighted by atomic mass is 9.80. The summed E-state index contributed by atoms with van der Waals surface area (Å²) in [6, 6.07) is 4.53. The third kappa shape index (κ3) is 3.46. The first kappa shape index (κ1) is 13.0. The molecule has 0 radical (unpaired) electrons. The summed E-state index contributed by atoms with van der Waals surface area (Å²) in [6.07, 6.45) is 0.913. The van der Waals surface area contributed by atoms with Crippen molar-refractivity contribution in [3.8, 4) is 0 Å². The highest BCUT2D eigenvalue weighted by atomic mass is 79.9. The van der Waals surface area contributed by atoms with Crippen LogP contribution in [0.4, 0.5) is 4.39 Å². The van der Waals surface area contributed by atoms with E-state index in [4.69, 9.17) is 11.6 Å². The molecule has 1 aromatic carbocycles. The average Bonchev–Trinajstić information content (AvgIpc) is 2.06. The SMILES string of the molecule is CC(Br)CC(C)(C)c1cc(F)ccc1Cl. The fourth-order valence-electron chi connectivity index (χ4n) is 1.83. The van der Waals surface area contributed by atoms with Crippen molar-refractivity contribution in [3.63, 3.8) is 0 Å². The van der Waals surface area contributed by atoms with Crippen LogP contribution in [0.15, 0.2) is 18.2 Å². The number of alkyl halides is 1. The zero-order valence-corrected chi connectivity index (χ0v) is 11.5. The molecule has 1 unspecified atom stereocenters. The van der Waals surface area contributed by atoms with Crippen molar-refractivity contribution in [3.05, 3.63) is 34.6 Å². The van der Waals surface area contributed by atoms with E-state index in [1.807, 2.05) is 0 Å². The summed E-state index contributed by atoms with van der Waals surface area (Å²) in [5, 5.41) is 0.634. The van der Waals surface area contributed by atoms with Crippen LogP contribution in [0.3, 0.4) is 0 Å². The molecular formula is C12H15BrClF. The second kappa shape index (κ2) is 4.84. The van der Waals surface area contributed by atoms with Gasteiger partial charge in [0.2, 0.25) is 0 Å². The molecule has 1 aromatic rings. The Kier molecular flexibility index (Phi) is 4.19. The van der Waals surface area contributed by atoms with Crippen LogP contribution in [0.5, 0.6) is 0 Å². The molecule has 15 heavy (non-hydrogen) atoms. The Morgan fingerprint density at radius 3 is 2.60 bits per heavy atom. The Morgan fingerprint density at radius 2 is 2.07 bits per heavy atom. The van der Waals surface area contributed by atoms with Gasteiger partial charge in [-0.3, -0.25) is 0 Å². The van der Waals surface area contributed by atoms with E-state index in [0.717, 1.165) is 12.0 Å². The van der Waals surface area contributed by atoms with Gasteiger partial charge in [-0.1, -0.05) is 48.3 Å². The van der Waals surface area contributed by atoms with Gasteiger partial charge in [0.25, 0.3) is 0 Å². The molecule has 84 valence electrons. The van der Waals surface area contributed by atoms with Gasteiger partial charge in [-0.25, -0.2) is 4.39 Å². The van der Waals surface area contributed by atoms with Gasteiger partial charge in [-0.15, -0.1) is 0 Å². The molecule has 0 aromatic heterocycles. The van der Waals surface area contributed by atoms with E-state index in [9.17, 15) is 4.39 Å². The molecule has 0 aliphatic heterocycles. The lowest BCUT2D eigenvalue weighted by molar-refractivity contribution is 0.478. The van der Waals surface area contributed by atoms with Gasteiger partial charge < -0.3 is 0 Å². The van der Waals surface area contributed by atoms with Gasteiger partial charge in [0, 0.05) is 9.85 Å². The van der Waals surface area contributed by atoms with Crippen LogP contribution in [0, 0.1) is 5.82 Å². The van der Waals surface area contributed by atoms with Gasteiger partial charge in [0.1, 0.15) is 5.82 Å². The van der Waals surface area contributed by atoms with Crippen molar-refractivity contribution < 1.29 is 4.39 Å². The molecule has 0 heterocycles. The van der Waals surface area contributed by atoms with Crippen molar-refractivity contribution in [2.24, 2.45) is 0 Å². The monoisotopic (exact) mass is 292 g/mol. The minimum atomic E-state index is -0.232. The first-order valence-electron chi connectivity index (χ1n) is 4.92. The largest absolute Gasteiger partial charge is 0.207 e. The number of halogens is 3. The zero-order chi connectivity index (χ0) is 11.6. The summed E-state index contributed by atoms with van der Waals surface area (Å²) in [7, 11) is 0. The van der Waals surface area contributed by atoms with E-state index >= 15 is 0 Å². The van der Waals surface area contributed by atoms with Crippen LogP contribution in [0.1, 0.15) is 32.8 Å². The summed E-state index contributed by atoms with van der Waals surface area (Å²) in [5.74, 6) is -0.232. The smallest absolute Gasteiger partial charge is 0.123 e. The molecule has 1 rings (SSSR count). The second-order valence-electron chi connectivity index (χ2n) is 4.49. The third-order valence-corrected chi connectivity index (χ3v) is 3.10. The number of hydrogen-bond donors (Lipinski definition) is 0. The van der Waals surface area contributed by atoms with Gasteiger partial charge in [0.05, 0.1) is 0 Å². The van der Waals surface area contributed by atoms with Gasteiger partial charge >= 0.3 is 0 Å². The first-order valence-corrected chi connectivity index (χ1v) is 6.22. The van der Waals surface area contributed by atoms with Crippen LogP contribution in [0.2, 0.25) is 5.02 Å². The molecule has 0 spiro atoms. The fourth-order valence-corrected chi connectivity index (χ4v) is 3.01. The molecule has 1 atom stereocenters. The van der Waals surface area contributed by atoms with Crippen molar-refractivity contribution >= 4 is 27.5 Å². The van der Waals surface area contributed by atoms with Crippen LogP contribution >= 0.6 is 27.5 Å². The molecular weight excluding hydrogens is 278 g/mol. The van der Waals surface area contributed by atoms with E-state index in [-0.39, 0.29) is 11.2 Å². The molecule has 3 heteroatoms. The van der Waals surface area contributed by atoms with Crippen molar-refractivity contribution in [1.82, 2.24) is 0 Å². The standard InChI is InChI=1S/C12H15BrClF/c1-8(13)7-12(2,3)10-6-9(15)4-5-11(10)14/h4-6,8H,7H2,1-3H3. The lowest BCUT2D eigenvalue weighted by Crippen LogP contribution is -2.21. The zero-order valence-electron chi connectivity index (χ0n) is 9.15. The van der Waals surface area contributed by atoms with Crippen molar-refractivity contribution in [2.45, 2.75) is 37.4 Å². The number of benzene rings is 1. The average molecular weight is 294 g/mol. The number of rotatable bonds is 3. The predicted molar refractivity (Wildman–Crippen MR) is 67.4 cm³/mol. The van der Waals surface area contributed by atoms with E-state index < -0.39 is 0 Å². The molecule has 0 aliphatic carbocycles. The number of hydrogen-bond acceptors (Lipinski definition) is 0. The lowest BCUT2D eigenvalue weighted by Gasteiger charge is -2.27. The second-order valence-corrected chi connectivity index (χ2v) is 6.46. The Balaban J connectivity index is 3.08. The van der Waals surface area contributed by atoms with Crippen molar-refractivity contribution in [1.29, 1.82) is 0 Å². The minimum Gasteiger partial charge on any atom is -0.207 e. The predicted octanol–water partition coefficient (Wildman–Crippen LogP) is 4.93. The van der Waals surface area contributed by atoms with E-state index in [0.29, 0.717) is 9.85 Å². The molecule has 0 saturated carbocycles. The molecule has 0 saturated heterocycles. The van der Waals surface area contributed by atoms with Crippen LogP contribution in [-0.2, 0) is 5.41 Å². The van der Waals surface area contributed by atoms with Crippen LogP contribution in [-0.4, -0.2) is 4.83 Å². The van der Waals surface area contributed by atoms with E-state index in [1.165, 1.54) is 12.1 Å². The van der Waals surface area contributed by atoms with Crippen molar-refractivity contribution in [2.75, 3.05) is 0 Å². The quantitative estimate of drug-likeness (QED) is 0.693.